The monoisotopic (exact) mass is 396 g/mol. The number of carboxylic acid groups (broad SMARTS) is 1. The Kier molecular flexibility index (Phi) is 5.18. The molecule has 1 aromatic heterocycles. The van der Waals surface area contributed by atoms with Crippen molar-refractivity contribution in [2.24, 2.45) is 0 Å². The summed E-state index contributed by atoms with van der Waals surface area (Å²) in [6.45, 7) is -1.03. The summed E-state index contributed by atoms with van der Waals surface area (Å²) in [5, 5.41) is 19.5. The molecule has 4 N–H and O–H groups in total. The number of ether oxygens (including phenoxy) is 1. The Morgan fingerprint density at radius 3 is 2.68 bits per heavy atom. The Hall–Kier alpha value is -3.21. The normalized spacial score (nSPS) is 22.1. The van der Waals surface area contributed by atoms with Gasteiger partial charge in [0.1, 0.15) is 29.7 Å². The van der Waals surface area contributed by atoms with Crippen molar-refractivity contribution in [3.63, 3.8) is 0 Å². The first-order chi connectivity index (χ1) is 13.2. The average molecular weight is 396 g/mol. The standard InChI is InChI=1S/C17H18F2N4O5/c18-10-1-3-11(4-2-10)28-14-13(20)15(24)23(9-21-14)8-17(27)5-6-22(16(25)26)7-12(17)19/h1-4,9,12,27H,5-8,20H2,(H,25,26)/t12-,17-/m1/s1. The van der Waals surface area contributed by atoms with E-state index in [0.717, 1.165) is 27.9 Å². The number of aromatic nitrogens is 2. The van der Waals surface area contributed by atoms with Gasteiger partial charge in [-0.15, -0.1) is 0 Å². The molecule has 28 heavy (non-hydrogen) atoms. The number of hydrogen-bond donors (Lipinski definition) is 3. The predicted octanol–water partition coefficient (Wildman–Crippen LogP) is 1.21. The molecule has 0 radical (unpaired) electrons. The molecular formula is C17H18F2N4O5. The number of amides is 1. The zero-order valence-electron chi connectivity index (χ0n) is 14.6. The number of benzene rings is 1. The van der Waals surface area contributed by atoms with Gasteiger partial charge in [-0.1, -0.05) is 0 Å². The SMILES string of the molecule is Nc1c(Oc2ccc(F)cc2)ncn(C[C@]2(O)CCN(C(=O)O)C[C@H]2F)c1=O. The second-order valence-electron chi connectivity index (χ2n) is 6.50. The van der Waals surface area contributed by atoms with Crippen molar-refractivity contribution >= 4 is 11.8 Å². The highest BCUT2D eigenvalue weighted by molar-refractivity contribution is 5.65. The summed E-state index contributed by atoms with van der Waals surface area (Å²) < 4.78 is 33.6. The van der Waals surface area contributed by atoms with Crippen LogP contribution in [0.15, 0.2) is 35.4 Å². The summed E-state index contributed by atoms with van der Waals surface area (Å²) in [5.41, 5.74) is 2.69. The summed E-state index contributed by atoms with van der Waals surface area (Å²) in [5.74, 6) is -0.467. The number of aliphatic hydroxyl groups is 1. The van der Waals surface area contributed by atoms with Crippen LogP contribution in [0.3, 0.4) is 0 Å². The maximum atomic E-state index is 14.4. The lowest BCUT2D eigenvalue weighted by Crippen LogP contribution is -2.57. The third-order valence-electron chi connectivity index (χ3n) is 4.56. The molecule has 0 bridgehead atoms. The van der Waals surface area contributed by atoms with Gasteiger partial charge in [-0.05, 0) is 30.7 Å². The number of nitrogen functional groups attached to an aromatic ring is 1. The highest BCUT2D eigenvalue weighted by Crippen LogP contribution is 2.28. The van der Waals surface area contributed by atoms with Gasteiger partial charge in [-0.2, -0.15) is 0 Å². The molecule has 1 fully saturated rings. The van der Waals surface area contributed by atoms with E-state index in [0.29, 0.717) is 0 Å². The zero-order chi connectivity index (χ0) is 20.5. The number of carbonyl (C=O) groups is 1. The maximum Gasteiger partial charge on any atom is 0.407 e. The summed E-state index contributed by atoms with van der Waals surface area (Å²) >= 11 is 0. The van der Waals surface area contributed by atoms with Crippen LogP contribution in [0.2, 0.25) is 0 Å². The second-order valence-corrected chi connectivity index (χ2v) is 6.50. The van der Waals surface area contributed by atoms with Gasteiger partial charge in [0.25, 0.3) is 5.56 Å². The van der Waals surface area contributed by atoms with Crippen molar-refractivity contribution in [3.8, 4) is 11.6 Å². The van der Waals surface area contributed by atoms with E-state index in [-0.39, 0.29) is 30.3 Å². The van der Waals surface area contributed by atoms with Crippen molar-refractivity contribution < 1.29 is 28.5 Å². The fourth-order valence-electron chi connectivity index (χ4n) is 2.89. The third-order valence-corrected chi connectivity index (χ3v) is 4.56. The Morgan fingerprint density at radius 2 is 2.07 bits per heavy atom. The third kappa shape index (κ3) is 3.88. The van der Waals surface area contributed by atoms with E-state index in [1.54, 1.807) is 0 Å². The van der Waals surface area contributed by atoms with Gasteiger partial charge >= 0.3 is 6.09 Å². The number of likely N-dealkylation sites (tertiary alicyclic amines) is 1. The molecule has 0 unspecified atom stereocenters. The maximum absolute atomic E-state index is 14.4. The summed E-state index contributed by atoms with van der Waals surface area (Å²) in [6.07, 6.45) is -2.32. The van der Waals surface area contributed by atoms with E-state index < -0.39 is 42.3 Å². The molecule has 2 aromatic rings. The molecule has 2 heterocycles. The molecule has 2 atom stereocenters. The van der Waals surface area contributed by atoms with Crippen LogP contribution in [0.4, 0.5) is 19.3 Å². The van der Waals surface area contributed by atoms with Crippen molar-refractivity contribution in [1.29, 1.82) is 0 Å². The van der Waals surface area contributed by atoms with Gasteiger partial charge < -0.3 is 25.6 Å². The van der Waals surface area contributed by atoms with Crippen LogP contribution in [-0.4, -0.2) is 55.6 Å². The summed E-state index contributed by atoms with van der Waals surface area (Å²) in [4.78, 5) is 28.1. The van der Waals surface area contributed by atoms with Gasteiger partial charge in [0.2, 0.25) is 5.88 Å². The summed E-state index contributed by atoms with van der Waals surface area (Å²) in [7, 11) is 0. The Balaban J connectivity index is 1.78. The molecule has 0 spiro atoms. The number of rotatable bonds is 4. The minimum atomic E-state index is -1.94. The van der Waals surface area contributed by atoms with Crippen LogP contribution in [0, 0.1) is 5.82 Å². The van der Waals surface area contributed by atoms with E-state index in [1.807, 2.05) is 0 Å². The number of nitrogens with two attached hydrogens (primary N) is 1. The minimum absolute atomic E-state index is 0.0737. The quantitative estimate of drug-likeness (QED) is 0.708. The van der Waals surface area contributed by atoms with Crippen LogP contribution in [-0.2, 0) is 6.54 Å². The van der Waals surface area contributed by atoms with Crippen molar-refractivity contribution in [3.05, 3.63) is 46.8 Å². The van der Waals surface area contributed by atoms with Crippen LogP contribution in [0.1, 0.15) is 6.42 Å². The van der Waals surface area contributed by atoms with Gasteiger partial charge in [-0.25, -0.2) is 18.6 Å². The number of alkyl halides is 1. The molecule has 0 saturated carbocycles. The summed E-state index contributed by atoms with van der Waals surface area (Å²) in [6, 6.07) is 4.98. The highest BCUT2D eigenvalue weighted by atomic mass is 19.1. The molecule has 0 aliphatic carbocycles. The largest absolute Gasteiger partial charge is 0.465 e. The van der Waals surface area contributed by atoms with E-state index in [9.17, 15) is 23.5 Å². The lowest BCUT2D eigenvalue weighted by atomic mass is 9.89. The van der Waals surface area contributed by atoms with Crippen LogP contribution in [0.5, 0.6) is 11.6 Å². The zero-order valence-corrected chi connectivity index (χ0v) is 14.6. The minimum Gasteiger partial charge on any atom is -0.465 e. The van der Waals surface area contributed by atoms with Crippen molar-refractivity contribution in [2.75, 3.05) is 18.8 Å². The first kappa shape index (κ1) is 19.5. The lowest BCUT2D eigenvalue weighted by molar-refractivity contribution is -0.0900. The smallest absolute Gasteiger partial charge is 0.407 e. The topological polar surface area (TPSA) is 131 Å². The molecule has 11 heteroatoms. The Morgan fingerprint density at radius 1 is 1.39 bits per heavy atom. The molecule has 1 aromatic carbocycles. The fourth-order valence-corrected chi connectivity index (χ4v) is 2.89. The average Bonchev–Trinajstić information content (AvgIpc) is 2.65. The fraction of sp³-hybridized carbons (Fsp3) is 0.353. The molecule has 1 aliphatic heterocycles. The highest BCUT2D eigenvalue weighted by Gasteiger charge is 2.44. The van der Waals surface area contributed by atoms with Gasteiger partial charge in [0.15, 0.2) is 5.69 Å². The van der Waals surface area contributed by atoms with Gasteiger partial charge in [-0.3, -0.25) is 9.36 Å². The number of piperidine rings is 1. The second kappa shape index (κ2) is 7.43. The van der Waals surface area contributed by atoms with Crippen LogP contribution >= 0.6 is 0 Å². The van der Waals surface area contributed by atoms with E-state index in [4.69, 9.17) is 15.6 Å². The first-order valence-corrected chi connectivity index (χ1v) is 8.32. The molecule has 1 saturated heterocycles. The number of halogens is 2. The molecule has 3 rings (SSSR count). The van der Waals surface area contributed by atoms with Crippen LogP contribution < -0.4 is 16.0 Å². The molecule has 9 nitrogen and oxygen atoms in total. The number of hydrogen-bond acceptors (Lipinski definition) is 6. The number of anilines is 1. The molecule has 1 aliphatic rings. The first-order valence-electron chi connectivity index (χ1n) is 8.32. The van der Waals surface area contributed by atoms with Crippen LogP contribution in [0.25, 0.3) is 0 Å². The van der Waals surface area contributed by atoms with Crippen molar-refractivity contribution in [1.82, 2.24) is 14.5 Å². The van der Waals surface area contributed by atoms with Gasteiger partial charge in [0, 0.05) is 6.54 Å². The van der Waals surface area contributed by atoms with Gasteiger partial charge in [0.05, 0.1) is 13.1 Å². The Bertz CT molecular complexity index is 936. The van der Waals surface area contributed by atoms with E-state index in [1.165, 1.54) is 12.1 Å². The predicted molar refractivity (Wildman–Crippen MR) is 93.4 cm³/mol. The Labute approximate surface area is 157 Å². The van der Waals surface area contributed by atoms with E-state index >= 15 is 0 Å². The molecular weight excluding hydrogens is 378 g/mol. The molecule has 1 amide bonds. The number of nitrogens with zero attached hydrogens (tertiary/aromatic N) is 3. The molecule has 150 valence electrons. The van der Waals surface area contributed by atoms with Crippen molar-refractivity contribution in [2.45, 2.75) is 24.7 Å². The lowest BCUT2D eigenvalue weighted by Gasteiger charge is -2.39. The van der Waals surface area contributed by atoms with E-state index in [2.05, 4.69) is 4.98 Å².